The van der Waals surface area contributed by atoms with Crippen LogP contribution in [0.5, 0.6) is 0 Å². The SMILES string of the molecule is CC1(C)c2ccccc2-c2c1c1c(c3ccccc3n1-c1nc(-c3ccccc3)cc(-c3ccccc3)n1)c1c2c2ccccc2n1C1=CCCC=C1. The Kier molecular flexibility index (Phi) is 6.39. The van der Waals surface area contributed by atoms with Crippen LogP contribution in [0.2, 0.25) is 0 Å². The highest BCUT2D eigenvalue weighted by Gasteiger charge is 2.42. The van der Waals surface area contributed by atoms with Crippen LogP contribution >= 0.6 is 0 Å². The molecule has 0 unspecified atom stereocenters. The fourth-order valence-corrected chi connectivity index (χ4v) is 9.24. The molecule has 4 heteroatoms. The molecule has 2 aliphatic rings. The van der Waals surface area contributed by atoms with Crippen molar-refractivity contribution >= 4 is 49.3 Å². The lowest BCUT2D eigenvalue weighted by Crippen LogP contribution is -2.17. The van der Waals surface area contributed by atoms with Crippen LogP contribution in [0.4, 0.5) is 0 Å². The number of para-hydroxylation sites is 2. The number of fused-ring (bicyclic) bond motifs is 12. The average Bonchev–Trinajstić information content (AvgIpc) is 3.82. The van der Waals surface area contributed by atoms with Crippen molar-refractivity contribution < 1.29 is 0 Å². The van der Waals surface area contributed by atoms with Crippen LogP contribution in [0.3, 0.4) is 0 Å². The second kappa shape index (κ2) is 11.2. The van der Waals surface area contributed by atoms with Gasteiger partial charge >= 0.3 is 0 Å². The van der Waals surface area contributed by atoms with Crippen LogP contribution < -0.4 is 0 Å². The van der Waals surface area contributed by atoms with E-state index in [0.29, 0.717) is 5.95 Å². The number of aromatic nitrogens is 4. The molecule has 2 aliphatic carbocycles. The van der Waals surface area contributed by atoms with Crippen molar-refractivity contribution in [3.05, 3.63) is 169 Å². The Labute approximate surface area is 308 Å². The van der Waals surface area contributed by atoms with Crippen molar-refractivity contribution in [2.45, 2.75) is 32.1 Å². The molecule has 252 valence electrons. The Morgan fingerprint density at radius 3 is 1.81 bits per heavy atom. The Bertz CT molecular complexity index is 2950. The largest absolute Gasteiger partial charge is 0.309 e. The van der Waals surface area contributed by atoms with E-state index >= 15 is 0 Å². The van der Waals surface area contributed by atoms with E-state index < -0.39 is 0 Å². The van der Waals surface area contributed by atoms with Gasteiger partial charge in [-0.25, -0.2) is 9.97 Å². The first-order chi connectivity index (χ1) is 26.1. The first-order valence-electron chi connectivity index (χ1n) is 18.6. The van der Waals surface area contributed by atoms with E-state index in [1.54, 1.807) is 0 Å². The van der Waals surface area contributed by atoms with Gasteiger partial charge in [-0.2, -0.15) is 0 Å². The van der Waals surface area contributed by atoms with Crippen LogP contribution in [-0.2, 0) is 5.41 Å². The molecular formula is C49H36N4. The molecule has 0 atom stereocenters. The molecule has 0 aliphatic heterocycles. The van der Waals surface area contributed by atoms with E-state index in [0.717, 1.165) is 40.9 Å². The van der Waals surface area contributed by atoms with Crippen LogP contribution in [0, 0.1) is 0 Å². The van der Waals surface area contributed by atoms with Crippen LogP contribution in [0.25, 0.3) is 88.9 Å². The quantitative estimate of drug-likeness (QED) is 0.185. The Morgan fingerprint density at radius 1 is 0.566 bits per heavy atom. The first-order valence-corrected chi connectivity index (χ1v) is 18.6. The predicted octanol–water partition coefficient (Wildman–Crippen LogP) is 12.5. The predicted molar refractivity (Wildman–Crippen MR) is 220 cm³/mol. The molecule has 0 N–H and O–H groups in total. The molecule has 53 heavy (non-hydrogen) atoms. The maximum atomic E-state index is 5.45. The Morgan fingerprint density at radius 2 is 1.15 bits per heavy atom. The van der Waals surface area contributed by atoms with Crippen molar-refractivity contribution in [1.29, 1.82) is 0 Å². The second-order valence-corrected chi connectivity index (χ2v) is 14.9. The molecule has 3 heterocycles. The lowest BCUT2D eigenvalue weighted by atomic mass is 9.81. The van der Waals surface area contributed by atoms with Gasteiger partial charge in [0, 0.05) is 43.8 Å². The fraction of sp³-hybridized carbons (Fsp3) is 0.102. The number of allylic oxidation sites excluding steroid dienone is 4. The maximum absolute atomic E-state index is 5.45. The summed E-state index contributed by atoms with van der Waals surface area (Å²) in [6.45, 7) is 4.79. The number of hydrogen-bond acceptors (Lipinski definition) is 2. The van der Waals surface area contributed by atoms with Crippen LogP contribution in [0.15, 0.2) is 158 Å². The van der Waals surface area contributed by atoms with E-state index in [1.165, 1.54) is 66.0 Å². The molecule has 0 bridgehead atoms. The highest BCUT2D eigenvalue weighted by atomic mass is 15.2. The van der Waals surface area contributed by atoms with Gasteiger partial charge in [-0.05, 0) is 59.4 Å². The molecule has 0 spiro atoms. The van der Waals surface area contributed by atoms with Gasteiger partial charge in [-0.1, -0.05) is 147 Å². The van der Waals surface area contributed by atoms with Gasteiger partial charge < -0.3 is 4.57 Å². The third kappa shape index (κ3) is 4.24. The van der Waals surface area contributed by atoms with Gasteiger partial charge in [0.1, 0.15) is 0 Å². The second-order valence-electron chi connectivity index (χ2n) is 14.9. The summed E-state index contributed by atoms with van der Waals surface area (Å²) in [5.74, 6) is 0.671. The molecule has 3 aromatic heterocycles. The minimum absolute atomic E-state index is 0.295. The zero-order valence-electron chi connectivity index (χ0n) is 29.7. The van der Waals surface area contributed by atoms with E-state index in [-0.39, 0.29) is 5.41 Å². The number of nitrogens with zero attached hydrogens (tertiary/aromatic N) is 4. The summed E-state index contributed by atoms with van der Waals surface area (Å²) >= 11 is 0. The molecule has 0 radical (unpaired) electrons. The standard InChI is InChI=1S/C49H36N4/c1-49(2)37-27-15-12-24-34(37)42-43-35-25-13-16-28-40(35)52(33-22-10-5-11-23-33)46(43)44-36-26-14-17-29-41(36)53(47(44)45(42)49)48-50-38(31-18-6-3-7-19-31)30-39(51-48)32-20-8-4-9-21-32/h3-4,6-10,12-30H,5,11H2,1-2H3. The normalized spacial score (nSPS) is 14.6. The Hall–Kier alpha value is -6.52. The minimum Gasteiger partial charge on any atom is -0.309 e. The number of hydrogen-bond donors (Lipinski definition) is 0. The summed E-state index contributed by atoms with van der Waals surface area (Å²) in [7, 11) is 0. The van der Waals surface area contributed by atoms with E-state index in [1.807, 2.05) is 0 Å². The van der Waals surface area contributed by atoms with Crippen molar-refractivity contribution in [3.63, 3.8) is 0 Å². The van der Waals surface area contributed by atoms with Crippen molar-refractivity contribution in [2.75, 3.05) is 0 Å². The zero-order chi connectivity index (χ0) is 35.3. The topological polar surface area (TPSA) is 35.6 Å². The smallest absolute Gasteiger partial charge is 0.235 e. The average molecular weight is 681 g/mol. The summed E-state index contributed by atoms with van der Waals surface area (Å²) in [5, 5.41) is 5.02. The molecule has 4 nitrogen and oxygen atoms in total. The molecule has 0 saturated carbocycles. The molecule has 11 rings (SSSR count). The van der Waals surface area contributed by atoms with Crippen LogP contribution in [0.1, 0.15) is 37.8 Å². The molecule has 9 aromatic rings. The lowest BCUT2D eigenvalue weighted by Gasteiger charge is -2.24. The molecule has 0 amide bonds. The fourth-order valence-electron chi connectivity index (χ4n) is 9.24. The van der Waals surface area contributed by atoms with Gasteiger partial charge in [0.25, 0.3) is 0 Å². The van der Waals surface area contributed by atoms with E-state index in [4.69, 9.17) is 9.97 Å². The van der Waals surface area contributed by atoms with Crippen molar-refractivity contribution in [3.8, 4) is 39.6 Å². The van der Waals surface area contributed by atoms with Gasteiger partial charge in [0.15, 0.2) is 0 Å². The van der Waals surface area contributed by atoms with Gasteiger partial charge in [0.2, 0.25) is 5.95 Å². The van der Waals surface area contributed by atoms with E-state index in [9.17, 15) is 0 Å². The van der Waals surface area contributed by atoms with Gasteiger partial charge in [-0.3, -0.25) is 4.57 Å². The third-order valence-corrected chi connectivity index (χ3v) is 11.5. The zero-order valence-corrected chi connectivity index (χ0v) is 29.7. The highest BCUT2D eigenvalue weighted by Crippen LogP contribution is 2.58. The number of rotatable bonds is 4. The summed E-state index contributed by atoms with van der Waals surface area (Å²) in [6.07, 6.45) is 9.11. The first kappa shape index (κ1) is 30.1. The Balaban J connectivity index is 1.40. The summed E-state index contributed by atoms with van der Waals surface area (Å²) in [5.41, 5.74) is 14.9. The van der Waals surface area contributed by atoms with E-state index in [2.05, 4.69) is 181 Å². The lowest BCUT2D eigenvalue weighted by molar-refractivity contribution is 0.664. The third-order valence-electron chi connectivity index (χ3n) is 11.5. The highest BCUT2D eigenvalue weighted by molar-refractivity contribution is 6.32. The molecule has 0 saturated heterocycles. The van der Waals surface area contributed by atoms with Crippen molar-refractivity contribution in [2.24, 2.45) is 0 Å². The molecule has 0 fully saturated rings. The summed E-state index contributed by atoms with van der Waals surface area (Å²) in [6, 6.07) is 50.0. The van der Waals surface area contributed by atoms with Crippen LogP contribution in [-0.4, -0.2) is 19.1 Å². The maximum Gasteiger partial charge on any atom is 0.235 e. The molecular weight excluding hydrogens is 645 g/mol. The number of benzene rings is 6. The summed E-state index contributed by atoms with van der Waals surface area (Å²) < 4.78 is 4.91. The summed E-state index contributed by atoms with van der Waals surface area (Å²) in [4.78, 5) is 10.9. The van der Waals surface area contributed by atoms with Gasteiger partial charge in [0.05, 0.1) is 33.5 Å². The monoisotopic (exact) mass is 680 g/mol. The van der Waals surface area contributed by atoms with Gasteiger partial charge in [-0.15, -0.1) is 0 Å². The molecule has 6 aromatic carbocycles. The van der Waals surface area contributed by atoms with Crippen molar-refractivity contribution in [1.82, 2.24) is 19.1 Å². The minimum atomic E-state index is -0.295.